The van der Waals surface area contributed by atoms with Crippen molar-refractivity contribution in [3.8, 4) is 0 Å². The Morgan fingerprint density at radius 1 is 1.53 bits per heavy atom. The fraction of sp³-hybridized carbons (Fsp3) is 0.615. The highest BCUT2D eigenvalue weighted by Crippen LogP contribution is 2.29. The van der Waals surface area contributed by atoms with Gasteiger partial charge in [-0.25, -0.2) is 0 Å². The highest BCUT2D eigenvalue weighted by molar-refractivity contribution is 9.11. The van der Waals surface area contributed by atoms with Gasteiger partial charge in [0, 0.05) is 18.0 Å². The zero-order valence-electron chi connectivity index (χ0n) is 11.6. The first kappa shape index (κ1) is 16.6. The van der Waals surface area contributed by atoms with Crippen LogP contribution in [0.5, 0.6) is 0 Å². The summed E-state index contributed by atoms with van der Waals surface area (Å²) < 4.78 is 1.08. The Hall–Kier alpha value is -0.430. The molecule has 0 aliphatic carbocycles. The second-order valence-corrected chi connectivity index (χ2v) is 7.50. The Labute approximate surface area is 127 Å². The minimum atomic E-state index is 0.0465. The lowest BCUT2D eigenvalue weighted by Gasteiger charge is -2.25. The zero-order valence-corrected chi connectivity index (χ0v) is 14.1. The molecule has 1 heterocycles. The maximum Gasteiger partial charge on any atom is 0.234 e. The number of likely N-dealkylation sites (N-methyl/N-ethyl adjacent to an activating group) is 1. The van der Waals surface area contributed by atoms with Gasteiger partial charge in [-0.15, -0.1) is 11.3 Å². The van der Waals surface area contributed by atoms with Crippen molar-refractivity contribution in [1.29, 1.82) is 0 Å². The number of thiophene rings is 1. The van der Waals surface area contributed by atoms with E-state index in [2.05, 4.69) is 41.2 Å². The first-order chi connectivity index (χ1) is 8.93. The average molecular weight is 348 g/mol. The van der Waals surface area contributed by atoms with E-state index in [1.807, 2.05) is 18.0 Å². The van der Waals surface area contributed by atoms with Crippen LogP contribution < -0.4 is 11.1 Å². The van der Waals surface area contributed by atoms with Gasteiger partial charge >= 0.3 is 0 Å². The summed E-state index contributed by atoms with van der Waals surface area (Å²) in [5.74, 6) is 0.512. The summed E-state index contributed by atoms with van der Waals surface area (Å²) in [7, 11) is 1.93. The summed E-state index contributed by atoms with van der Waals surface area (Å²) in [5.41, 5.74) is 5.83. The summed E-state index contributed by atoms with van der Waals surface area (Å²) in [6.45, 7) is 5.74. The van der Waals surface area contributed by atoms with Crippen molar-refractivity contribution in [2.45, 2.75) is 19.9 Å². The molecular formula is C13H22BrN3OS. The van der Waals surface area contributed by atoms with E-state index < -0.39 is 0 Å². The van der Waals surface area contributed by atoms with Crippen LogP contribution in [0, 0.1) is 5.92 Å². The monoisotopic (exact) mass is 347 g/mol. The second-order valence-electron chi connectivity index (χ2n) is 5.01. The molecule has 1 rings (SSSR count). The van der Waals surface area contributed by atoms with Crippen molar-refractivity contribution in [2.75, 3.05) is 26.7 Å². The van der Waals surface area contributed by atoms with E-state index in [-0.39, 0.29) is 11.9 Å². The molecule has 4 nitrogen and oxygen atoms in total. The van der Waals surface area contributed by atoms with Crippen LogP contribution in [0.1, 0.15) is 24.8 Å². The molecule has 0 aromatic carbocycles. The minimum absolute atomic E-state index is 0.0465. The molecule has 0 aliphatic rings. The molecule has 0 saturated heterocycles. The molecule has 19 heavy (non-hydrogen) atoms. The summed E-state index contributed by atoms with van der Waals surface area (Å²) in [4.78, 5) is 15.0. The number of halogens is 1. The van der Waals surface area contributed by atoms with Gasteiger partial charge in [0.15, 0.2) is 0 Å². The number of nitrogens with one attached hydrogen (secondary N) is 1. The summed E-state index contributed by atoms with van der Waals surface area (Å²) in [6, 6.07) is 4.14. The van der Waals surface area contributed by atoms with Crippen LogP contribution in [-0.4, -0.2) is 37.5 Å². The van der Waals surface area contributed by atoms with E-state index in [1.165, 1.54) is 4.88 Å². The largest absolute Gasteiger partial charge is 0.355 e. The first-order valence-electron chi connectivity index (χ1n) is 6.36. The quantitative estimate of drug-likeness (QED) is 0.794. The fourth-order valence-corrected chi connectivity index (χ4v) is 3.33. The van der Waals surface area contributed by atoms with Gasteiger partial charge in [0.1, 0.15) is 0 Å². The third kappa shape index (κ3) is 5.60. The van der Waals surface area contributed by atoms with Gasteiger partial charge in [0.25, 0.3) is 0 Å². The summed E-state index contributed by atoms with van der Waals surface area (Å²) >= 11 is 5.11. The lowest BCUT2D eigenvalue weighted by atomic mass is 10.2. The molecule has 6 heteroatoms. The molecule has 0 radical (unpaired) electrons. The van der Waals surface area contributed by atoms with E-state index in [0.717, 1.165) is 3.79 Å². The van der Waals surface area contributed by atoms with Gasteiger partial charge in [-0.3, -0.25) is 9.69 Å². The number of amides is 1. The van der Waals surface area contributed by atoms with Crippen LogP contribution in [0.4, 0.5) is 0 Å². The fourth-order valence-electron chi connectivity index (χ4n) is 1.73. The van der Waals surface area contributed by atoms with Gasteiger partial charge in [0.2, 0.25) is 5.91 Å². The highest BCUT2D eigenvalue weighted by atomic mass is 79.9. The zero-order chi connectivity index (χ0) is 14.4. The van der Waals surface area contributed by atoms with Crippen LogP contribution in [0.15, 0.2) is 15.9 Å². The highest BCUT2D eigenvalue weighted by Gasteiger charge is 2.19. The van der Waals surface area contributed by atoms with Gasteiger partial charge in [-0.1, -0.05) is 13.8 Å². The molecule has 1 aromatic heterocycles. The van der Waals surface area contributed by atoms with Crippen molar-refractivity contribution in [2.24, 2.45) is 11.7 Å². The molecule has 3 N–H and O–H groups in total. The first-order valence-corrected chi connectivity index (χ1v) is 7.97. The molecule has 1 aromatic rings. The summed E-state index contributed by atoms with van der Waals surface area (Å²) in [6.07, 6.45) is 0. The van der Waals surface area contributed by atoms with E-state index in [4.69, 9.17) is 5.73 Å². The Balaban J connectivity index is 2.54. The van der Waals surface area contributed by atoms with Crippen molar-refractivity contribution in [3.05, 3.63) is 20.8 Å². The Morgan fingerprint density at radius 3 is 2.68 bits per heavy atom. The standard InChI is InChI=1S/C13H22BrN3OS/c1-9(2)7-16-13(18)8-17(3)10(6-15)11-4-5-12(14)19-11/h4-5,9-10H,6-8,15H2,1-3H3,(H,16,18). The van der Waals surface area contributed by atoms with Gasteiger partial charge in [-0.05, 0) is 41.0 Å². The van der Waals surface area contributed by atoms with Crippen molar-refractivity contribution in [3.63, 3.8) is 0 Å². The number of rotatable bonds is 7. The van der Waals surface area contributed by atoms with E-state index in [1.54, 1.807) is 11.3 Å². The van der Waals surface area contributed by atoms with Crippen molar-refractivity contribution >= 4 is 33.2 Å². The molecule has 1 amide bonds. The summed E-state index contributed by atoms with van der Waals surface area (Å²) in [5, 5.41) is 2.92. The second kappa shape index (κ2) is 7.99. The molecule has 1 unspecified atom stereocenters. The Kier molecular flexibility index (Phi) is 6.99. The molecule has 0 aliphatic heterocycles. The molecule has 0 spiro atoms. The Bertz CT molecular complexity index is 408. The predicted molar refractivity (Wildman–Crippen MR) is 84.3 cm³/mol. The number of nitrogens with two attached hydrogens (primary N) is 1. The average Bonchev–Trinajstić information content (AvgIpc) is 2.74. The lowest BCUT2D eigenvalue weighted by molar-refractivity contribution is -0.122. The van der Waals surface area contributed by atoms with Crippen LogP contribution in [0.25, 0.3) is 0 Å². The normalized spacial score (nSPS) is 13.0. The number of nitrogens with zero attached hydrogens (tertiary/aromatic N) is 1. The SMILES string of the molecule is CC(C)CNC(=O)CN(C)C(CN)c1ccc(Br)s1. The molecule has 0 bridgehead atoms. The maximum atomic E-state index is 11.8. The lowest BCUT2D eigenvalue weighted by Crippen LogP contribution is -2.40. The molecule has 0 fully saturated rings. The smallest absolute Gasteiger partial charge is 0.234 e. The van der Waals surface area contributed by atoms with Crippen LogP contribution in [0.2, 0.25) is 0 Å². The number of carbonyl (C=O) groups excluding carboxylic acids is 1. The molecule has 108 valence electrons. The van der Waals surface area contributed by atoms with Crippen LogP contribution >= 0.6 is 27.3 Å². The molecule has 0 saturated carbocycles. The van der Waals surface area contributed by atoms with Crippen LogP contribution in [0.3, 0.4) is 0 Å². The van der Waals surface area contributed by atoms with Gasteiger partial charge in [-0.2, -0.15) is 0 Å². The molecule has 1 atom stereocenters. The van der Waals surface area contributed by atoms with Gasteiger partial charge < -0.3 is 11.1 Å². The number of hydrogen-bond donors (Lipinski definition) is 2. The van der Waals surface area contributed by atoms with E-state index >= 15 is 0 Å². The predicted octanol–water partition coefficient (Wildman–Crippen LogP) is 2.21. The minimum Gasteiger partial charge on any atom is -0.355 e. The number of carbonyl (C=O) groups is 1. The van der Waals surface area contributed by atoms with Crippen molar-refractivity contribution in [1.82, 2.24) is 10.2 Å². The van der Waals surface area contributed by atoms with Crippen LogP contribution in [-0.2, 0) is 4.79 Å². The van der Waals surface area contributed by atoms with Gasteiger partial charge in [0.05, 0.1) is 16.4 Å². The maximum absolute atomic E-state index is 11.8. The van der Waals surface area contributed by atoms with Crippen molar-refractivity contribution < 1.29 is 4.79 Å². The molecular weight excluding hydrogens is 326 g/mol. The van der Waals surface area contributed by atoms with E-state index in [9.17, 15) is 4.79 Å². The third-order valence-corrected chi connectivity index (χ3v) is 4.50. The third-order valence-electron chi connectivity index (χ3n) is 2.78. The van der Waals surface area contributed by atoms with E-state index in [0.29, 0.717) is 25.6 Å². The number of hydrogen-bond acceptors (Lipinski definition) is 4. The Morgan fingerprint density at radius 2 is 2.21 bits per heavy atom. The topological polar surface area (TPSA) is 58.4 Å².